The van der Waals surface area contributed by atoms with Crippen molar-refractivity contribution in [2.24, 2.45) is 5.73 Å². The van der Waals surface area contributed by atoms with Gasteiger partial charge in [-0.05, 0) is 29.5 Å². The molecule has 1 heterocycles. The van der Waals surface area contributed by atoms with Crippen molar-refractivity contribution in [1.29, 1.82) is 0 Å². The summed E-state index contributed by atoms with van der Waals surface area (Å²) in [6.45, 7) is 1.89. The number of aryl methyl sites for hydroxylation is 1. The Bertz CT molecular complexity index is 466. The number of benzene rings is 1. The Balaban J connectivity index is 2.53. The van der Waals surface area contributed by atoms with Crippen LogP contribution in [-0.4, -0.2) is 6.54 Å². The Hall–Kier alpha value is -1.19. The van der Waals surface area contributed by atoms with Crippen molar-refractivity contribution in [2.45, 2.75) is 12.6 Å². The first kappa shape index (κ1) is 11.3. The van der Waals surface area contributed by atoms with Gasteiger partial charge in [0.25, 0.3) is 0 Å². The molecule has 2 aromatic rings. The second-order valence-corrected chi connectivity index (χ2v) is 4.72. The Kier molecular flexibility index (Phi) is 3.08. The Morgan fingerprint density at radius 2 is 1.94 bits per heavy atom. The third kappa shape index (κ3) is 1.77. The van der Waals surface area contributed by atoms with Gasteiger partial charge >= 0.3 is 0 Å². The van der Waals surface area contributed by atoms with Gasteiger partial charge in [0.2, 0.25) is 0 Å². The van der Waals surface area contributed by atoms with Gasteiger partial charge in [-0.3, -0.25) is 0 Å². The van der Waals surface area contributed by atoms with Crippen molar-refractivity contribution < 1.29 is 4.39 Å². The number of hydrogen-bond donors (Lipinski definition) is 1. The van der Waals surface area contributed by atoms with Crippen LogP contribution >= 0.6 is 11.3 Å². The summed E-state index contributed by atoms with van der Waals surface area (Å²) in [7, 11) is 0. The van der Waals surface area contributed by atoms with E-state index in [4.69, 9.17) is 5.73 Å². The van der Waals surface area contributed by atoms with Crippen molar-refractivity contribution in [2.75, 3.05) is 6.54 Å². The molecule has 1 atom stereocenters. The van der Waals surface area contributed by atoms with Crippen molar-refractivity contribution in [3.63, 3.8) is 0 Å². The van der Waals surface area contributed by atoms with E-state index in [0.717, 1.165) is 5.56 Å². The Morgan fingerprint density at radius 3 is 2.44 bits per heavy atom. The molecule has 16 heavy (non-hydrogen) atoms. The zero-order valence-electron chi connectivity index (χ0n) is 9.11. The quantitative estimate of drug-likeness (QED) is 0.868. The summed E-state index contributed by atoms with van der Waals surface area (Å²) in [5, 5.41) is 1.90. The maximum atomic E-state index is 15.0. The molecule has 84 valence electrons. The summed E-state index contributed by atoms with van der Waals surface area (Å²) in [4.78, 5) is 0.709. The highest BCUT2D eigenvalue weighted by Crippen LogP contribution is 2.37. The normalized spacial score (nSPS) is 14.7. The van der Waals surface area contributed by atoms with Crippen molar-refractivity contribution in [3.8, 4) is 0 Å². The van der Waals surface area contributed by atoms with E-state index in [2.05, 4.69) is 0 Å². The molecule has 0 bridgehead atoms. The van der Waals surface area contributed by atoms with E-state index in [1.807, 2.05) is 36.6 Å². The molecule has 0 saturated carbocycles. The second kappa shape index (κ2) is 4.36. The second-order valence-electron chi connectivity index (χ2n) is 3.80. The van der Waals surface area contributed by atoms with E-state index in [0.29, 0.717) is 10.4 Å². The fourth-order valence-electron chi connectivity index (χ4n) is 1.82. The van der Waals surface area contributed by atoms with Crippen LogP contribution in [0.5, 0.6) is 0 Å². The van der Waals surface area contributed by atoms with Crippen LogP contribution < -0.4 is 5.73 Å². The summed E-state index contributed by atoms with van der Waals surface area (Å²) in [5.74, 6) is 0. The van der Waals surface area contributed by atoms with Crippen LogP contribution in [0.3, 0.4) is 0 Å². The van der Waals surface area contributed by atoms with E-state index in [1.54, 1.807) is 12.1 Å². The SMILES string of the molecule is Cc1ccsc1C(F)(CN)c1ccccc1. The standard InChI is InChI=1S/C13H14FNS/c1-10-7-8-16-12(10)13(14,9-15)11-5-3-2-4-6-11/h2-8H,9,15H2,1H3. The van der Waals surface area contributed by atoms with Gasteiger partial charge in [0, 0.05) is 6.54 Å². The summed E-state index contributed by atoms with van der Waals surface area (Å²) in [6.07, 6.45) is 0. The molecule has 0 spiro atoms. The molecule has 1 unspecified atom stereocenters. The van der Waals surface area contributed by atoms with Gasteiger partial charge in [0.1, 0.15) is 0 Å². The van der Waals surface area contributed by atoms with Gasteiger partial charge in [-0.25, -0.2) is 4.39 Å². The lowest BCUT2D eigenvalue weighted by Gasteiger charge is -2.24. The lowest BCUT2D eigenvalue weighted by Crippen LogP contribution is -2.31. The minimum atomic E-state index is -1.56. The van der Waals surface area contributed by atoms with Crippen LogP contribution in [0.4, 0.5) is 4.39 Å². The zero-order valence-corrected chi connectivity index (χ0v) is 9.93. The molecule has 0 aliphatic rings. The fraction of sp³-hybridized carbons (Fsp3) is 0.231. The molecule has 0 fully saturated rings. The first-order chi connectivity index (χ1) is 7.68. The summed E-state index contributed by atoms with van der Waals surface area (Å²) >= 11 is 1.42. The molecule has 0 aliphatic carbocycles. The zero-order chi connectivity index (χ0) is 11.6. The monoisotopic (exact) mass is 235 g/mol. The van der Waals surface area contributed by atoms with Gasteiger partial charge in [-0.15, -0.1) is 11.3 Å². The predicted molar refractivity (Wildman–Crippen MR) is 66.4 cm³/mol. The van der Waals surface area contributed by atoms with Crippen molar-refractivity contribution in [1.82, 2.24) is 0 Å². The molecule has 2 N–H and O–H groups in total. The van der Waals surface area contributed by atoms with Gasteiger partial charge < -0.3 is 5.73 Å². The topological polar surface area (TPSA) is 26.0 Å². The molecule has 2 rings (SSSR count). The molecular weight excluding hydrogens is 221 g/mol. The summed E-state index contributed by atoms with van der Waals surface area (Å²) in [6, 6.07) is 11.0. The number of halogens is 1. The largest absolute Gasteiger partial charge is 0.327 e. The predicted octanol–water partition coefficient (Wildman–Crippen LogP) is 3.23. The third-order valence-corrected chi connectivity index (χ3v) is 3.89. The average molecular weight is 235 g/mol. The molecule has 3 heteroatoms. The molecule has 1 nitrogen and oxygen atoms in total. The van der Waals surface area contributed by atoms with Crippen LogP contribution in [0.2, 0.25) is 0 Å². The van der Waals surface area contributed by atoms with E-state index in [-0.39, 0.29) is 6.54 Å². The van der Waals surface area contributed by atoms with E-state index >= 15 is 0 Å². The number of thiophene rings is 1. The van der Waals surface area contributed by atoms with E-state index in [9.17, 15) is 4.39 Å². The highest BCUT2D eigenvalue weighted by molar-refractivity contribution is 7.10. The van der Waals surface area contributed by atoms with Gasteiger partial charge in [0.15, 0.2) is 5.67 Å². The minimum absolute atomic E-state index is 0.0294. The highest BCUT2D eigenvalue weighted by atomic mass is 32.1. The van der Waals surface area contributed by atoms with Gasteiger partial charge in [0.05, 0.1) is 4.88 Å². The third-order valence-electron chi connectivity index (χ3n) is 2.73. The van der Waals surface area contributed by atoms with E-state index < -0.39 is 5.67 Å². The van der Waals surface area contributed by atoms with Crippen LogP contribution in [0.1, 0.15) is 16.0 Å². The lowest BCUT2D eigenvalue weighted by molar-refractivity contribution is 0.237. The van der Waals surface area contributed by atoms with Crippen LogP contribution in [0.15, 0.2) is 41.8 Å². The summed E-state index contributed by atoms with van der Waals surface area (Å²) < 4.78 is 15.0. The molecule has 1 aromatic carbocycles. The molecule has 0 saturated heterocycles. The average Bonchev–Trinajstić information content (AvgIpc) is 2.76. The first-order valence-corrected chi connectivity index (χ1v) is 6.05. The summed E-state index contributed by atoms with van der Waals surface area (Å²) in [5.41, 5.74) is 5.66. The lowest BCUT2D eigenvalue weighted by atomic mass is 9.92. The smallest absolute Gasteiger partial charge is 0.182 e. The van der Waals surface area contributed by atoms with Crippen LogP contribution in [0, 0.1) is 6.92 Å². The Morgan fingerprint density at radius 1 is 1.25 bits per heavy atom. The fourth-order valence-corrected chi connectivity index (χ4v) is 2.87. The molecule has 0 radical (unpaired) electrons. The molecule has 0 aliphatic heterocycles. The number of alkyl halides is 1. The van der Waals surface area contributed by atoms with Crippen LogP contribution in [-0.2, 0) is 5.67 Å². The molecular formula is C13H14FNS. The molecule has 1 aromatic heterocycles. The van der Waals surface area contributed by atoms with Crippen molar-refractivity contribution in [3.05, 3.63) is 57.8 Å². The van der Waals surface area contributed by atoms with Gasteiger partial charge in [-0.1, -0.05) is 30.3 Å². The number of hydrogen-bond acceptors (Lipinski definition) is 2. The van der Waals surface area contributed by atoms with Crippen molar-refractivity contribution >= 4 is 11.3 Å². The maximum Gasteiger partial charge on any atom is 0.182 e. The van der Waals surface area contributed by atoms with E-state index in [1.165, 1.54) is 11.3 Å². The number of rotatable bonds is 3. The highest BCUT2D eigenvalue weighted by Gasteiger charge is 2.34. The minimum Gasteiger partial charge on any atom is -0.327 e. The van der Waals surface area contributed by atoms with Gasteiger partial charge in [-0.2, -0.15) is 0 Å². The molecule has 0 amide bonds. The van der Waals surface area contributed by atoms with Crippen LogP contribution in [0.25, 0.3) is 0 Å². The first-order valence-electron chi connectivity index (χ1n) is 5.17. The maximum absolute atomic E-state index is 15.0. The number of nitrogens with two attached hydrogens (primary N) is 1. The Labute approximate surface area is 98.7 Å².